The molecule has 1 aliphatic carbocycles. The van der Waals surface area contributed by atoms with Crippen LogP contribution >= 0.6 is 11.3 Å². The van der Waals surface area contributed by atoms with Crippen molar-refractivity contribution in [3.05, 3.63) is 11.6 Å². The summed E-state index contributed by atoms with van der Waals surface area (Å²) in [6, 6.07) is 0.221. The van der Waals surface area contributed by atoms with E-state index in [0.717, 1.165) is 38.5 Å². The summed E-state index contributed by atoms with van der Waals surface area (Å²) in [5.74, 6) is -0.00227. The summed E-state index contributed by atoms with van der Waals surface area (Å²) >= 11 is 1.40. The van der Waals surface area contributed by atoms with Crippen LogP contribution in [0.15, 0.2) is 11.6 Å². The Balaban J connectivity index is 1.87. The molecule has 140 valence electrons. The molecule has 0 aliphatic heterocycles. The number of nitrogens with zero attached hydrogens (tertiary/aromatic N) is 2. The van der Waals surface area contributed by atoms with Gasteiger partial charge in [-0.1, -0.05) is 51.9 Å². The molecular formula is C19H31N3O2S. The average molecular weight is 366 g/mol. The van der Waals surface area contributed by atoms with Gasteiger partial charge in [-0.2, -0.15) is 0 Å². The van der Waals surface area contributed by atoms with Crippen LogP contribution in [0.5, 0.6) is 0 Å². The Morgan fingerprint density at radius 3 is 2.64 bits per heavy atom. The number of nitrogens with one attached hydrogen (secondary N) is 1. The SMILES string of the molecule is CCCCCCCC(=O)N(CC(=O)Nc1nccs1)C1CCCCC1. The predicted octanol–water partition coefficient (Wildman–Crippen LogP) is 4.60. The van der Waals surface area contributed by atoms with Gasteiger partial charge in [0, 0.05) is 24.0 Å². The van der Waals surface area contributed by atoms with Crippen molar-refractivity contribution in [2.45, 2.75) is 83.6 Å². The lowest BCUT2D eigenvalue weighted by atomic mass is 9.93. The minimum Gasteiger partial charge on any atom is -0.330 e. The van der Waals surface area contributed by atoms with E-state index in [-0.39, 0.29) is 24.4 Å². The molecule has 0 spiro atoms. The van der Waals surface area contributed by atoms with Gasteiger partial charge in [0.15, 0.2) is 5.13 Å². The molecule has 0 radical (unpaired) electrons. The number of hydrogen-bond acceptors (Lipinski definition) is 4. The fourth-order valence-corrected chi connectivity index (χ4v) is 3.98. The Labute approximate surface area is 155 Å². The Hall–Kier alpha value is -1.43. The van der Waals surface area contributed by atoms with E-state index in [2.05, 4.69) is 17.2 Å². The van der Waals surface area contributed by atoms with Crippen molar-refractivity contribution in [2.24, 2.45) is 0 Å². The molecule has 1 N–H and O–H groups in total. The topological polar surface area (TPSA) is 62.3 Å². The van der Waals surface area contributed by atoms with Crippen LogP contribution in [0.4, 0.5) is 5.13 Å². The molecule has 2 amide bonds. The lowest BCUT2D eigenvalue weighted by molar-refractivity contribution is -0.137. The van der Waals surface area contributed by atoms with Gasteiger partial charge in [-0.05, 0) is 19.3 Å². The molecule has 1 fully saturated rings. The van der Waals surface area contributed by atoms with Crippen LogP contribution in [0.3, 0.4) is 0 Å². The first-order valence-corrected chi connectivity index (χ1v) is 10.6. The van der Waals surface area contributed by atoms with Gasteiger partial charge >= 0.3 is 0 Å². The van der Waals surface area contributed by atoms with Crippen LogP contribution in [-0.2, 0) is 9.59 Å². The second kappa shape index (κ2) is 11.2. The number of carbonyl (C=O) groups excluding carboxylic acids is 2. The number of carbonyl (C=O) groups is 2. The van der Waals surface area contributed by atoms with Gasteiger partial charge in [-0.25, -0.2) is 4.98 Å². The van der Waals surface area contributed by atoms with Crippen molar-refractivity contribution >= 4 is 28.3 Å². The molecule has 0 atom stereocenters. The van der Waals surface area contributed by atoms with E-state index in [9.17, 15) is 9.59 Å². The van der Waals surface area contributed by atoms with Gasteiger partial charge in [-0.15, -0.1) is 11.3 Å². The molecule has 25 heavy (non-hydrogen) atoms. The highest BCUT2D eigenvalue weighted by molar-refractivity contribution is 7.13. The lowest BCUT2D eigenvalue weighted by Crippen LogP contribution is -2.45. The summed E-state index contributed by atoms with van der Waals surface area (Å²) in [5, 5.41) is 5.23. The highest BCUT2D eigenvalue weighted by atomic mass is 32.1. The fourth-order valence-electron chi connectivity index (χ4n) is 3.44. The second-order valence-corrected chi connectivity index (χ2v) is 7.76. The standard InChI is InChI=1S/C19H31N3O2S/c1-2-3-4-5-9-12-18(24)22(16-10-7-6-8-11-16)15-17(23)21-19-20-13-14-25-19/h13-14,16H,2-12,15H2,1H3,(H,20,21,23). The van der Waals surface area contributed by atoms with Crippen molar-refractivity contribution < 1.29 is 9.59 Å². The Kier molecular flexibility index (Phi) is 8.94. The van der Waals surface area contributed by atoms with E-state index in [0.29, 0.717) is 11.6 Å². The number of aromatic nitrogens is 1. The molecule has 2 rings (SSSR count). The monoisotopic (exact) mass is 365 g/mol. The third kappa shape index (κ3) is 7.14. The number of thiazole rings is 1. The molecule has 0 bridgehead atoms. The van der Waals surface area contributed by atoms with E-state index >= 15 is 0 Å². The van der Waals surface area contributed by atoms with Crippen molar-refractivity contribution in [1.82, 2.24) is 9.88 Å². The molecule has 1 saturated carbocycles. The average Bonchev–Trinajstić information content (AvgIpc) is 3.13. The first kappa shape index (κ1) is 19.9. The zero-order valence-electron chi connectivity index (χ0n) is 15.3. The van der Waals surface area contributed by atoms with Gasteiger partial charge in [0.05, 0.1) is 0 Å². The van der Waals surface area contributed by atoms with E-state index in [1.807, 2.05) is 10.3 Å². The smallest absolute Gasteiger partial charge is 0.245 e. The maximum Gasteiger partial charge on any atom is 0.245 e. The Morgan fingerprint density at radius 1 is 1.20 bits per heavy atom. The van der Waals surface area contributed by atoms with Gasteiger partial charge in [-0.3, -0.25) is 9.59 Å². The highest BCUT2D eigenvalue weighted by Gasteiger charge is 2.27. The zero-order chi connectivity index (χ0) is 17.9. The second-order valence-electron chi connectivity index (χ2n) is 6.86. The summed E-state index contributed by atoms with van der Waals surface area (Å²) in [5.41, 5.74) is 0. The third-order valence-corrected chi connectivity index (χ3v) is 5.51. The first-order valence-electron chi connectivity index (χ1n) is 9.69. The van der Waals surface area contributed by atoms with Gasteiger partial charge in [0.25, 0.3) is 0 Å². The summed E-state index contributed by atoms with van der Waals surface area (Å²) < 4.78 is 0. The number of unbranched alkanes of at least 4 members (excludes halogenated alkanes) is 4. The summed E-state index contributed by atoms with van der Waals surface area (Å²) in [7, 11) is 0. The molecule has 1 aromatic rings. The predicted molar refractivity (Wildman–Crippen MR) is 103 cm³/mol. The lowest BCUT2D eigenvalue weighted by Gasteiger charge is -2.34. The van der Waals surface area contributed by atoms with E-state index < -0.39 is 0 Å². The van der Waals surface area contributed by atoms with Crippen LogP contribution in [0.1, 0.15) is 77.6 Å². The molecule has 0 unspecified atom stereocenters. The van der Waals surface area contributed by atoms with Crippen LogP contribution < -0.4 is 5.32 Å². The number of amides is 2. The minimum absolute atomic E-state index is 0.137. The molecule has 6 heteroatoms. The number of rotatable bonds is 10. The molecule has 1 aliphatic rings. The first-order chi connectivity index (χ1) is 12.2. The van der Waals surface area contributed by atoms with Crippen molar-refractivity contribution in [1.29, 1.82) is 0 Å². The van der Waals surface area contributed by atoms with Gasteiger partial charge < -0.3 is 10.2 Å². The molecule has 1 heterocycles. The molecule has 0 saturated heterocycles. The summed E-state index contributed by atoms with van der Waals surface area (Å²) in [6.07, 6.45) is 13.5. The Morgan fingerprint density at radius 2 is 1.96 bits per heavy atom. The number of hydrogen-bond donors (Lipinski definition) is 1. The number of anilines is 1. The van der Waals surface area contributed by atoms with Crippen LogP contribution in [0.2, 0.25) is 0 Å². The minimum atomic E-state index is -0.139. The van der Waals surface area contributed by atoms with E-state index in [1.165, 1.54) is 37.0 Å². The van der Waals surface area contributed by atoms with Gasteiger partial charge in [0.1, 0.15) is 6.54 Å². The summed E-state index contributed by atoms with van der Waals surface area (Å²) in [6.45, 7) is 2.34. The van der Waals surface area contributed by atoms with Crippen LogP contribution in [-0.4, -0.2) is 34.3 Å². The Bertz CT molecular complexity index is 513. The van der Waals surface area contributed by atoms with Gasteiger partial charge in [0.2, 0.25) is 11.8 Å². The van der Waals surface area contributed by atoms with E-state index in [4.69, 9.17) is 0 Å². The normalized spacial score (nSPS) is 15.1. The maximum absolute atomic E-state index is 12.7. The van der Waals surface area contributed by atoms with Crippen LogP contribution in [0, 0.1) is 0 Å². The fraction of sp³-hybridized carbons (Fsp3) is 0.737. The van der Waals surface area contributed by atoms with Crippen molar-refractivity contribution in [2.75, 3.05) is 11.9 Å². The molecule has 5 nitrogen and oxygen atoms in total. The van der Waals surface area contributed by atoms with Crippen molar-refractivity contribution in [3.63, 3.8) is 0 Å². The molecule has 1 aromatic heterocycles. The quantitative estimate of drug-likeness (QED) is 0.616. The van der Waals surface area contributed by atoms with Crippen LogP contribution in [0.25, 0.3) is 0 Å². The highest BCUT2D eigenvalue weighted by Crippen LogP contribution is 2.24. The summed E-state index contributed by atoms with van der Waals surface area (Å²) in [4.78, 5) is 31.0. The zero-order valence-corrected chi connectivity index (χ0v) is 16.2. The van der Waals surface area contributed by atoms with Crippen molar-refractivity contribution in [3.8, 4) is 0 Å². The largest absolute Gasteiger partial charge is 0.330 e. The third-order valence-electron chi connectivity index (χ3n) is 4.82. The van der Waals surface area contributed by atoms with E-state index in [1.54, 1.807) is 6.20 Å². The molecular weight excluding hydrogens is 334 g/mol. The molecule has 0 aromatic carbocycles. The maximum atomic E-state index is 12.7.